The molecule has 0 aromatic heterocycles. The van der Waals surface area contributed by atoms with Crippen LogP contribution in [-0.4, -0.2) is 28.1 Å². The largest absolute Gasteiger partial charge is 0.481 e. The molecule has 3 heteroatoms. The Hall–Kier alpha value is -1.17. The maximum Gasteiger partial charge on any atom is 0.308 e. The highest BCUT2D eigenvalue weighted by atomic mass is 16.4. The summed E-state index contributed by atoms with van der Waals surface area (Å²) in [5.41, 5.74) is 0. The van der Waals surface area contributed by atoms with Crippen molar-refractivity contribution in [3.05, 3.63) is 0 Å². The van der Waals surface area contributed by atoms with Gasteiger partial charge in [0.1, 0.15) is 0 Å². The van der Waals surface area contributed by atoms with Gasteiger partial charge in [0.2, 0.25) is 0 Å². The number of fused-ring (bicyclic) bond motifs is 2. The number of carbonyl (C=O) groups is 1. The van der Waals surface area contributed by atoms with Gasteiger partial charge in [-0.25, -0.2) is 0 Å². The van der Waals surface area contributed by atoms with E-state index in [1.54, 1.807) is 0 Å². The lowest BCUT2D eigenvalue weighted by atomic mass is 9.89. The molecule has 2 aliphatic rings. The summed E-state index contributed by atoms with van der Waals surface area (Å²) in [6.45, 7) is 0. The molecule has 2 aliphatic heterocycles. The van der Waals surface area contributed by atoms with Gasteiger partial charge in [-0.1, -0.05) is 6.42 Å². The summed E-state index contributed by atoms with van der Waals surface area (Å²) in [6, 6.07) is 3.02. The Kier molecular flexibility index (Phi) is 1.50. The van der Waals surface area contributed by atoms with Crippen LogP contribution < -0.4 is 0 Å². The minimum absolute atomic E-state index is 0.109. The van der Waals surface area contributed by atoms with Crippen molar-refractivity contribution in [2.24, 2.45) is 5.92 Å². The predicted molar refractivity (Wildman–Crippen MR) is 43.2 cm³/mol. The van der Waals surface area contributed by atoms with E-state index in [-0.39, 0.29) is 12.0 Å². The van der Waals surface area contributed by atoms with Crippen molar-refractivity contribution in [1.82, 2.24) is 4.90 Å². The Bertz CT molecular complexity index is 256. The third kappa shape index (κ3) is 0.811. The van der Waals surface area contributed by atoms with Crippen LogP contribution in [-0.2, 0) is 4.79 Å². The maximum atomic E-state index is 10.8. The Balaban J connectivity index is 2.19. The highest BCUT2D eigenvalue weighted by Gasteiger charge is 2.48. The first kappa shape index (κ1) is 7.48. The number of nitrogens with zero attached hydrogens (tertiary/aromatic N) is 1. The molecule has 0 aromatic rings. The van der Waals surface area contributed by atoms with E-state index in [4.69, 9.17) is 11.5 Å². The van der Waals surface area contributed by atoms with Gasteiger partial charge in [0, 0.05) is 12.1 Å². The summed E-state index contributed by atoms with van der Waals surface area (Å²) in [5, 5.41) is 8.85. The van der Waals surface area contributed by atoms with E-state index in [1.807, 2.05) is 4.90 Å². The lowest BCUT2D eigenvalue weighted by Gasteiger charge is -2.17. The SMILES string of the molecule is C#CN1C2CCC1C(C(=O)O)C2. The molecule has 0 saturated carbocycles. The molecular weight excluding hydrogens is 154 g/mol. The number of hydrogen-bond acceptors (Lipinski definition) is 2. The second-order valence-corrected chi connectivity index (χ2v) is 3.52. The van der Waals surface area contributed by atoms with Gasteiger partial charge >= 0.3 is 5.97 Å². The molecule has 2 saturated heterocycles. The summed E-state index contributed by atoms with van der Waals surface area (Å²) in [4.78, 5) is 12.6. The number of carboxylic acids is 1. The van der Waals surface area contributed by atoms with Gasteiger partial charge in [0.05, 0.1) is 12.0 Å². The van der Waals surface area contributed by atoms with Crippen LogP contribution in [0.4, 0.5) is 0 Å². The van der Waals surface area contributed by atoms with Gasteiger partial charge < -0.3 is 10.0 Å². The van der Waals surface area contributed by atoms with Crippen LogP contribution in [0.5, 0.6) is 0 Å². The van der Waals surface area contributed by atoms with Crippen molar-refractivity contribution in [1.29, 1.82) is 0 Å². The molecule has 0 radical (unpaired) electrons. The number of rotatable bonds is 1. The van der Waals surface area contributed by atoms with Crippen molar-refractivity contribution >= 4 is 5.97 Å². The second kappa shape index (κ2) is 2.41. The smallest absolute Gasteiger partial charge is 0.308 e. The zero-order chi connectivity index (χ0) is 8.72. The molecule has 2 fully saturated rings. The van der Waals surface area contributed by atoms with Crippen LogP contribution in [0.2, 0.25) is 0 Å². The highest BCUT2D eigenvalue weighted by molar-refractivity contribution is 5.72. The molecule has 0 aliphatic carbocycles. The number of carboxylic acid groups (broad SMARTS) is 1. The first-order chi connectivity index (χ1) is 5.74. The monoisotopic (exact) mass is 165 g/mol. The molecule has 0 amide bonds. The molecule has 3 nitrogen and oxygen atoms in total. The third-order valence-electron chi connectivity index (χ3n) is 3.00. The maximum absolute atomic E-state index is 10.8. The fraction of sp³-hybridized carbons (Fsp3) is 0.667. The number of terminal acetylenes is 1. The fourth-order valence-corrected chi connectivity index (χ4v) is 2.46. The average Bonchev–Trinajstić information content (AvgIpc) is 2.59. The number of aliphatic carboxylic acids is 1. The molecule has 2 rings (SSSR count). The molecule has 2 bridgehead atoms. The normalized spacial score (nSPS) is 38.2. The summed E-state index contributed by atoms with van der Waals surface area (Å²) in [5.74, 6) is -0.915. The minimum atomic E-state index is -0.692. The van der Waals surface area contributed by atoms with E-state index in [2.05, 4.69) is 6.04 Å². The molecule has 0 spiro atoms. The van der Waals surface area contributed by atoms with Gasteiger partial charge in [-0.05, 0) is 19.3 Å². The Labute approximate surface area is 71.4 Å². The van der Waals surface area contributed by atoms with Crippen molar-refractivity contribution in [2.45, 2.75) is 31.3 Å². The van der Waals surface area contributed by atoms with E-state index < -0.39 is 5.97 Å². The van der Waals surface area contributed by atoms with E-state index >= 15 is 0 Å². The van der Waals surface area contributed by atoms with Crippen LogP contribution in [0.25, 0.3) is 0 Å². The first-order valence-corrected chi connectivity index (χ1v) is 4.21. The molecule has 3 unspecified atom stereocenters. The average molecular weight is 165 g/mol. The van der Waals surface area contributed by atoms with Crippen LogP contribution in [0, 0.1) is 18.4 Å². The van der Waals surface area contributed by atoms with Gasteiger partial charge in [-0.15, -0.1) is 0 Å². The van der Waals surface area contributed by atoms with Gasteiger partial charge in [-0.3, -0.25) is 4.79 Å². The van der Waals surface area contributed by atoms with Crippen molar-refractivity contribution in [3.8, 4) is 12.5 Å². The quantitative estimate of drug-likeness (QED) is 0.576. The minimum Gasteiger partial charge on any atom is -0.481 e. The molecule has 64 valence electrons. The standard InChI is InChI=1S/C9H11NO2/c1-2-10-6-3-4-8(10)7(5-6)9(11)12/h1,6-8H,3-5H2,(H,11,12). The zero-order valence-corrected chi connectivity index (χ0v) is 6.73. The molecule has 12 heavy (non-hydrogen) atoms. The summed E-state index contributed by atoms with van der Waals surface area (Å²) in [7, 11) is 0. The Morgan fingerprint density at radius 2 is 2.33 bits per heavy atom. The van der Waals surface area contributed by atoms with Crippen molar-refractivity contribution in [2.75, 3.05) is 0 Å². The van der Waals surface area contributed by atoms with Crippen molar-refractivity contribution < 1.29 is 9.90 Å². The van der Waals surface area contributed by atoms with Crippen LogP contribution in [0.15, 0.2) is 0 Å². The lowest BCUT2D eigenvalue weighted by Crippen LogP contribution is -2.29. The van der Waals surface area contributed by atoms with E-state index in [0.717, 1.165) is 19.3 Å². The van der Waals surface area contributed by atoms with Gasteiger partial charge in [0.15, 0.2) is 0 Å². The van der Waals surface area contributed by atoms with Gasteiger partial charge in [-0.2, -0.15) is 0 Å². The van der Waals surface area contributed by atoms with Crippen LogP contribution in [0.3, 0.4) is 0 Å². The lowest BCUT2D eigenvalue weighted by molar-refractivity contribution is -0.142. The second-order valence-electron chi connectivity index (χ2n) is 3.52. The number of hydrogen-bond donors (Lipinski definition) is 1. The first-order valence-electron chi connectivity index (χ1n) is 4.21. The van der Waals surface area contributed by atoms with E-state index in [0.29, 0.717) is 6.04 Å². The van der Waals surface area contributed by atoms with Crippen LogP contribution >= 0.6 is 0 Å². The molecular formula is C9H11NO2. The summed E-state index contributed by atoms with van der Waals surface area (Å²) >= 11 is 0. The molecule has 0 aromatic carbocycles. The topological polar surface area (TPSA) is 40.5 Å². The molecule has 2 heterocycles. The molecule has 3 atom stereocenters. The summed E-state index contributed by atoms with van der Waals surface area (Å²) in [6.07, 6.45) is 8.06. The summed E-state index contributed by atoms with van der Waals surface area (Å²) < 4.78 is 0. The predicted octanol–water partition coefficient (Wildman–Crippen LogP) is 0.515. The van der Waals surface area contributed by atoms with E-state index in [1.165, 1.54) is 0 Å². The Morgan fingerprint density at radius 1 is 1.58 bits per heavy atom. The highest BCUT2D eigenvalue weighted by Crippen LogP contribution is 2.40. The van der Waals surface area contributed by atoms with Gasteiger partial charge in [0.25, 0.3) is 0 Å². The van der Waals surface area contributed by atoms with Crippen LogP contribution in [0.1, 0.15) is 19.3 Å². The van der Waals surface area contributed by atoms with Crippen molar-refractivity contribution in [3.63, 3.8) is 0 Å². The Morgan fingerprint density at radius 3 is 2.75 bits per heavy atom. The van der Waals surface area contributed by atoms with E-state index in [9.17, 15) is 4.79 Å². The molecule has 1 N–H and O–H groups in total. The zero-order valence-electron chi connectivity index (χ0n) is 6.73. The third-order valence-corrected chi connectivity index (χ3v) is 3.00. The fourth-order valence-electron chi connectivity index (χ4n) is 2.46.